The van der Waals surface area contributed by atoms with E-state index in [1.807, 2.05) is 24.3 Å². The van der Waals surface area contributed by atoms with Gasteiger partial charge < -0.3 is 10.1 Å². The summed E-state index contributed by atoms with van der Waals surface area (Å²) in [5.74, 6) is 0.842. The maximum atomic E-state index is 12.2. The second kappa shape index (κ2) is 7.71. The highest BCUT2D eigenvalue weighted by atomic mass is 35.5. The van der Waals surface area contributed by atoms with Crippen LogP contribution in [0.4, 0.5) is 5.69 Å². The maximum Gasteiger partial charge on any atom is 0.265 e. The zero-order chi connectivity index (χ0) is 17.0. The molecule has 0 fully saturated rings. The van der Waals surface area contributed by atoms with Gasteiger partial charge in [-0.3, -0.25) is 4.79 Å². The topological polar surface area (TPSA) is 38.3 Å². The minimum atomic E-state index is -0.641. The standard InChI is InChI=1S/C18H19Cl2NO2/c1-11(2)13-4-6-17(7-5-13)23-12(3)18(22)21-16-9-14(19)8-15(20)10-16/h4-12H,1-3H3,(H,21,22). The van der Waals surface area contributed by atoms with Crippen LogP contribution in [-0.4, -0.2) is 12.0 Å². The van der Waals surface area contributed by atoms with Crippen LogP contribution in [0.15, 0.2) is 42.5 Å². The van der Waals surface area contributed by atoms with Crippen molar-refractivity contribution in [1.29, 1.82) is 0 Å². The van der Waals surface area contributed by atoms with Gasteiger partial charge in [-0.25, -0.2) is 0 Å². The smallest absolute Gasteiger partial charge is 0.265 e. The van der Waals surface area contributed by atoms with Crippen molar-refractivity contribution in [2.45, 2.75) is 32.8 Å². The van der Waals surface area contributed by atoms with E-state index in [0.29, 0.717) is 27.4 Å². The molecule has 23 heavy (non-hydrogen) atoms. The Morgan fingerprint density at radius 3 is 2.09 bits per heavy atom. The molecule has 1 N–H and O–H groups in total. The molecule has 0 aromatic heterocycles. The molecule has 2 rings (SSSR count). The molecule has 0 heterocycles. The molecule has 0 aliphatic carbocycles. The van der Waals surface area contributed by atoms with E-state index in [1.165, 1.54) is 5.56 Å². The third-order valence-corrected chi connectivity index (χ3v) is 3.80. The number of benzene rings is 2. The number of anilines is 1. The van der Waals surface area contributed by atoms with E-state index < -0.39 is 6.10 Å². The van der Waals surface area contributed by atoms with Gasteiger partial charge in [0, 0.05) is 15.7 Å². The van der Waals surface area contributed by atoms with E-state index in [2.05, 4.69) is 19.2 Å². The first-order chi connectivity index (χ1) is 10.8. The van der Waals surface area contributed by atoms with Crippen molar-refractivity contribution in [2.24, 2.45) is 0 Å². The van der Waals surface area contributed by atoms with Crippen molar-refractivity contribution >= 4 is 34.8 Å². The van der Waals surface area contributed by atoms with E-state index in [9.17, 15) is 4.79 Å². The molecule has 0 saturated heterocycles. The molecule has 0 radical (unpaired) electrons. The van der Waals surface area contributed by atoms with E-state index in [4.69, 9.17) is 27.9 Å². The van der Waals surface area contributed by atoms with Crippen molar-refractivity contribution in [3.05, 3.63) is 58.1 Å². The summed E-state index contributed by atoms with van der Waals surface area (Å²) in [5, 5.41) is 3.67. The highest BCUT2D eigenvalue weighted by molar-refractivity contribution is 6.35. The van der Waals surface area contributed by atoms with E-state index in [0.717, 1.165) is 0 Å². The molecule has 0 bridgehead atoms. The molecule has 2 aromatic rings. The lowest BCUT2D eigenvalue weighted by Crippen LogP contribution is -2.30. The van der Waals surface area contributed by atoms with Gasteiger partial charge in [-0.05, 0) is 48.7 Å². The summed E-state index contributed by atoms with van der Waals surface area (Å²) < 4.78 is 5.67. The van der Waals surface area contributed by atoms with E-state index in [-0.39, 0.29) is 5.91 Å². The molecule has 0 aliphatic rings. The van der Waals surface area contributed by atoms with Gasteiger partial charge in [-0.2, -0.15) is 0 Å². The molecule has 3 nitrogen and oxygen atoms in total. The predicted molar refractivity (Wildman–Crippen MR) is 95.7 cm³/mol. The molecule has 5 heteroatoms. The molecule has 1 amide bonds. The maximum absolute atomic E-state index is 12.2. The summed E-state index contributed by atoms with van der Waals surface area (Å²) in [7, 11) is 0. The Morgan fingerprint density at radius 2 is 1.57 bits per heavy atom. The van der Waals surface area contributed by atoms with Gasteiger partial charge >= 0.3 is 0 Å². The van der Waals surface area contributed by atoms with Gasteiger partial charge in [-0.15, -0.1) is 0 Å². The number of carbonyl (C=O) groups is 1. The lowest BCUT2D eigenvalue weighted by molar-refractivity contribution is -0.122. The normalized spacial score (nSPS) is 12.1. The zero-order valence-corrected chi connectivity index (χ0v) is 14.8. The fourth-order valence-electron chi connectivity index (χ4n) is 2.06. The van der Waals surface area contributed by atoms with Crippen LogP contribution < -0.4 is 10.1 Å². The summed E-state index contributed by atoms with van der Waals surface area (Å²) in [6.07, 6.45) is -0.641. The fourth-order valence-corrected chi connectivity index (χ4v) is 2.58. The fraction of sp³-hybridized carbons (Fsp3) is 0.278. The number of amides is 1. The molecule has 2 aromatic carbocycles. The quantitative estimate of drug-likeness (QED) is 0.769. The Labute approximate surface area is 146 Å². The van der Waals surface area contributed by atoms with Crippen LogP contribution in [0.2, 0.25) is 10.0 Å². The minimum absolute atomic E-state index is 0.267. The van der Waals surface area contributed by atoms with Gasteiger partial charge in [0.15, 0.2) is 6.10 Å². The number of hydrogen-bond acceptors (Lipinski definition) is 2. The van der Waals surface area contributed by atoms with E-state index in [1.54, 1.807) is 25.1 Å². The lowest BCUT2D eigenvalue weighted by Gasteiger charge is -2.15. The Morgan fingerprint density at radius 1 is 1.00 bits per heavy atom. The Bertz CT molecular complexity index is 664. The second-order valence-corrected chi connectivity index (χ2v) is 6.50. The van der Waals surface area contributed by atoms with Crippen LogP contribution in [0, 0.1) is 0 Å². The third kappa shape index (κ3) is 5.15. The second-order valence-electron chi connectivity index (χ2n) is 5.63. The average molecular weight is 352 g/mol. The summed E-state index contributed by atoms with van der Waals surface area (Å²) in [4.78, 5) is 12.2. The first-order valence-electron chi connectivity index (χ1n) is 7.38. The van der Waals surface area contributed by atoms with Crippen LogP contribution in [-0.2, 0) is 4.79 Å². The SMILES string of the molecule is CC(Oc1ccc(C(C)C)cc1)C(=O)Nc1cc(Cl)cc(Cl)c1. The Kier molecular flexibility index (Phi) is 5.91. The van der Waals surface area contributed by atoms with Gasteiger partial charge in [0.2, 0.25) is 0 Å². The van der Waals surface area contributed by atoms with Gasteiger partial charge in [0.05, 0.1) is 0 Å². The number of ether oxygens (including phenoxy) is 1. The monoisotopic (exact) mass is 351 g/mol. The number of rotatable bonds is 5. The third-order valence-electron chi connectivity index (χ3n) is 3.36. The van der Waals surface area contributed by atoms with Gasteiger partial charge in [0.25, 0.3) is 5.91 Å². The predicted octanol–water partition coefficient (Wildman–Crippen LogP) is 5.52. The van der Waals surface area contributed by atoms with Crippen LogP contribution in [0.1, 0.15) is 32.3 Å². The molecule has 1 unspecified atom stereocenters. The molecule has 1 atom stereocenters. The molecule has 122 valence electrons. The highest BCUT2D eigenvalue weighted by Gasteiger charge is 2.15. The molecular weight excluding hydrogens is 333 g/mol. The van der Waals surface area contributed by atoms with Crippen molar-refractivity contribution in [3.8, 4) is 5.75 Å². The summed E-state index contributed by atoms with van der Waals surface area (Å²) >= 11 is 11.8. The number of halogens is 2. The van der Waals surface area contributed by atoms with Crippen LogP contribution in [0.25, 0.3) is 0 Å². The van der Waals surface area contributed by atoms with Crippen LogP contribution >= 0.6 is 23.2 Å². The summed E-state index contributed by atoms with van der Waals surface area (Å²) in [6, 6.07) is 12.6. The Hall–Kier alpha value is -1.71. The number of nitrogens with one attached hydrogen (secondary N) is 1. The summed E-state index contributed by atoms with van der Waals surface area (Å²) in [5.41, 5.74) is 1.76. The summed E-state index contributed by atoms with van der Waals surface area (Å²) in [6.45, 7) is 5.95. The van der Waals surface area contributed by atoms with Gasteiger partial charge in [-0.1, -0.05) is 49.2 Å². The Balaban J connectivity index is 1.99. The molecule has 0 aliphatic heterocycles. The molecule has 0 saturated carbocycles. The highest BCUT2D eigenvalue weighted by Crippen LogP contribution is 2.23. The van der Waals surface area contributed by atoms with E-state index >= 15 is 0 Å². The first kappa shape index (κ1) is 17.6. The number of carbonyl (C=O) groups excluding carboxylic acids is 1. The molecular formula is C18H19Cl2NO2. The largest absolute Gasteiger partial charge is 0.481 e. The van der Waals surface area contributed by atoms with Crippen molar-refractivity contribution < 1.29 is 9.53 Å². The molecule has 0 spiro atoms. The van der Waals surface area contributed by atoms with Gasteiger partial charge in [0.1, 0.15) is 5.75 Å². The minimum Gasteiger partial charge on any atom is -0.481 e. The average Bonchev–Trinajstić information content (AvgIpc) is 2.46. The first-order valence-corrected chi connectivity index (χ1v) is 8.14. The van der Waals surface area contributed by atoms with Crippen molar-refractivity contribution in [1.82, 2.24) is 0 Å². The lowest BCUT2D eigenvalue weighted by atomic mass is 10.0. The zero-order valence-electron chi connectivity index (χ0n) is 13.3. The van der Waals surface area contributed by atoms with Crippen LogP contribution in [0.3, 0.4) is 0 Å². The number of hydrogen-bond donors (Lipinski definition) is 1. The van der Waals surface area contributed by atoms with Crippen molar-refractivity contribution in [2.75, 3.05) is 5.32 Å². The van der Waals surface area contributed by atoms with Crippen molar-refractivity contribution in [3.63, 3.8) is 0 Å². The van der Waals surface area contributed by atoms with Crippen LogP contribution in [0.5, 0.6) is 5.75 Å².